The Morgan fingerprint density at radius 1 is 1.29 bits per heavy atom. The van der Waals surface area contributed by atoms with Gasteiger partial charge in [-0.2, -0.15) is 0 Å². The van der Waals surface area contributed by atoms with E-state index in [1.165, 1.54) is 24.2 Å². The molecule has 0 radical (unpaired) electrons. The van der Waals surface area contributed by atoms with E-state index < -0.39 is 0 Å². The van der Waals surface area contributed by atoms with E-state index in [4.69, 9.17) is 4.98 Å². The van der Waals surface area contributed by atoms with Crippen LogP contribution in [0.3, 0.4) is 0 Å². The maximum absolute atomic E-state index is 13.0. The van der Waals surface area contributed by atoms with E-state index in [2.05, 4.69) is 39.6 Å². The highest BCUT2D eigenvalue weighted by molar-refractivity contribution is 7.15. The minimum absolute atomic E-state index is 0.170. The summed E-state index contributed by atoms with van der Waals surface area (Å²) in [6.45, 7) is 7.86. The van der Waals surface area contributed by atoms with E-state index in [0.717, 1.165) is 48.9 Å². The summed E-state index contributed by atoms with van der Waals surface area (Å²) in [4.78, 5) is 27.4. The largest absolute Gasteiger partial charge is 0.382 e. The number of thiazole rings is 1. The first-order valence-corrected chi connectivity index (χ1v) is 10.9. The van der Waals surface area contributed by atoms with Crippen LogP contribution < -0.4 is 20.4 Å². The molecular weight excluding hydrogens is 372 g/mol. The maximum Gasteiger partial charge on any atom is 0.329 e. The lowest BCUT2D eigenvalue weighted by molar-refractivity contribution is 0.256. The van der Waals surface area contributed by atoms with Crippen LogP contribution in [0, 0.1) is 12.8 Å². The third-order valence-corrected chi connectivity index (χ3v) is 6.13. The number of rotatable bonds is 2. The van der Waals surface area contributed by atoms with Gasteiger partial charge in [0.25, 0.3) is 0 Å². The quantitative estimate of drug-likeness (QED) is 0.785. The lowest BCUT2D eigenvalue weighted by Gasteiger charge is -2.33. The Bertz CT molecular complexity index is 838. The minimum Gasteiger partial charge on any atom is -0.382 e. The molecule has 28 heavy (non-hydrogen) atoms. The van der Waals surface area contributed by atoms with Gasteiger partial charge in [0.15, 0.2) is 10.9 Å². The molecule has 2 aromatic rings. The molecule has 4 rings (SSSR count). The molecule has 0 aliphatic carbocycles. The monoisotopic (exact) mass is 400 g/mol. The van der Waals surface area contributed by atoms with E-state index in [0.29, 0.717) is 23.4 Å². The fourth-order valence-corrected chi connectivity index (χ4v) is 4.50. The van der Waals surface area contributed by atoms with Crippen molar-refractivity contribution in [2.45, 2.75) is 39.5 Å². The van der Waals surface area contributed by atoms with Gasteiger partial charge in [0.1, 0.15) is 5.82 Å². The van der Waals surface area contributed by atoms with Gasteiger partial charge in [-0.25, -0.2) is 14.8 Å². The third kappa shape index (κ3) is 4.22. The summed E-state index contributed by atoms with van der Waals surface area (Å²) in [5, 5.41) is 7.01. The molecule has 2 aliphatic heterocycles. The average molecular weight is 401 g/mol. The van der Waals surface area contributed by atoms with Crippen molar-refractivity contribution >= 4 is 39.8 Å². The van der Waals surface area contributed by atoms with E-state index in [-0.39, 0.29) is 6.03 Å². The van der Waals surface area contributed by atoms with Gasteiger partial charge in [0, 0.05) is 37.3 Å². The molecule has 1 fully saturated rings. The third-order valence-electron chi connectivity index (χ3n) is 5.30. The summed E-state index contributed by atoms with van der Waals surface area (Å²) >= 11 is 1.48. The van der Waals surface area contributed by atoms with Gasteiger partial charge in [-0.15, -0.1) is 11.3 Å². The molecule has 1 atom stereocenters. The molecule has 0 spiro atoms. The molecule has 7 nitrogen and oxygen atoms in total. The van der Waals surface area contributed by atoms with Crippen LogP contribution in [0.4, 0.5) is 27.2 Å². The number of pyridine rings is 1. The second kappa shape index (κ2) is 8.34. The smallest absolute Gasteiger partial charge is 0.329 e. The van der Waals surface area contributed by atoms with Gasteiger partial charge in [0.2, 0.25) is 0 Å². The van der Waals surface area contributed by atoms with Crippen molar-refractivity contribution in [3.8, 4) is 0 Å². The molecule has 0 aromatic carbocycles. The van der Waals surface area contributed by atoms with Crippen molar-refractivity contribution in [2.75, 3.05) is 46.6 Å². The standard InChI is InChI=1S/C20H28N6OS/c1-14-6-5-10-25(13-14)17-8-7-16-18(23-17)26(11-4-3-9-21-16)20(27)24-19-22-12-15(2)28-19/h7-8,12,14,21H,3-6,9-11,13H2,1-2H3,(H,22,24,27). The zero-order valence-corrected chi connectivity index (χ0v) is 17.4. The van der Waals surface area contributed by atoms with Crippen molar-refractivity contribution in [1.29, 1.82) is 0 Å². The Morgan fingerprint density at radius 2 is 2.18 bits per heavy atom. The van der Waals surface area contributed by atoms with Crippen LogP contribution in [0.5, 0.6) is 0 Å². The van der Waals surface area contributed by atoms with Crippen LogP contribution in [0.2, 0.25) is 0 Å². The minimum atomic E-state index is -0.170. The molecule has 8 heteroatoms. The molecule has 150 valence electrons. The lowest BCUT2D eigenvalue weighted by atomic mass is 10.0. The number of amides is 2. The second-order valence-electron chi connectivity index (χ2n) is 7.73. The molecular formula is C20H28N6OS. The van der Waals surface area contributed by atoms with Gasteiger partial charge in [-0.3, -0.25) is 10.2 Å². The molecule has 2 amide bonds. The SMILES string of the molecule is Cc1cnc(NC(=O)N2CCCCNc3ccc(N4CCCC(C)C4)nc32)s1. The fraction of sp³-hybridized carbons (Fsp3) is 0.550. The number of hydrogen-bond acceptors (Lipinski definition) is 6. The van der Waals surface area contributed by atoms with Gasteiger partial charge >= 0.3 is 6.03 Å². The Labute approximate surface area is 170 Å². The predicted octanol–water partition coefficient (Wildman–Crippen LogP) is 4.33. The number of aryl methyl sites for hydroxylation is 1. The van der Waals surface area contributed by atoms with E-state index in [1.54, 1.807) is 11.1 Å². The number of carbonyl (C=O) groups is 1. The first-order chi connectivity index (χ1) is 13.6. The normalized spacial score (nSPS) is 20.0. The Morgan fingerprint density at radius 3 is 2.96 bits per heavy atom. The van der Waals surface area contributed by atoms with Crippen LogP contribution in [-0.2, 0) is 0 Å². The Kier molecular flexibility index (Phi) is 5.66. The highest BCUT2D eigenvalue weighted by Gasteiger charge is 2.25. The van der Waals surface area contributed by atoms with Gasteiger partial charge < -0.3 is 10.2 Å². The Hall–Kier alpha value is -2.35. The summed E-state index contributed by atoms with van der Waals surface area (Å²) in [6, 6.07) is 3.97. The lowest BCUT2D eigenvalue weighted by Crippen LogP contribution is -2.39. The number of aromatic nitrogens is 2. The molecule has 4 heterocycles. The number of urea groups is 1. The van der Waals surface area contributed by atoms with Crippen LogP contribution in [-0.4, -0.2) is 42.2 Å². The summed E-state index contributed by atoms with van der Waals surface area (Å²) in [6.07, 6.45) is 6.18. The highest BCUT2D eigenvalue weighted by Crippen LogP contribution is 2.31. The molecule has 1 unspecified atom stereocenters. The molecule has 2 aromatic heterocycles. The number of nitrogens with zero attached hydrogens (tertiary/aromatic N) is 4. The molecule has 0 saturated carbocycles. The number of hydrogen-bond donors (Lipinski definition) is 2. The van der Waals surface area contributed by atoms with Crippen molar-refractivity contribution in [1.82, 2.24) is 9.97 Å². The van der Waals surface area contributed by atoms with E-state index >= 15 is 0 Å². The maximum atomic E-state index is 13.0. The van der Waals surface area contributed by atoms with Crippen molar-refractivity contribution in [3.63, 3.8) is 0 Å². The molecule has 2 N–H and O–H groups in total. The summed E-state index contributed by atoms with van der Waals surface area (Å²) in [5.74, 6) is 2.33. The van der Waals surface area contributed by atoms with Crippen molar-refractivity contribution < 1.29 is 4.79 Å². The van der Waals surface area contributed by atoms with Gasteiger partial charge in [0.05, 0.1) is 5.69 Å². The number of carbonyl (C=O) groups excluding carboxylic acids is 1. The fourth-order valence-electron chi connectivity index (χ4n) is 3.85. The second-order valence-corrected chi connectivity index (χ2v) is 8.96. The van der Waals surface area contributed by atoms with Gasteiger partial charge in [-0.05, 0) is 50.7 Å². The topological polar surface area (TPSA) is 73.4 Å². The van der Waals surface area contributed by atoms with Crippen molar-refractivity contribution in [2.24, 2.45) is 5.92 Å². The summed E-state index contributed by atoms with van der Waals surface area (Å²) in [5.41, 5.74) is 0.916. The molecule has 2 aliphatic rings. The predicted molar refractivity (Wildman–Crippen MR) is 116 cm³/mol. The van der Waals surface area contributed by atoms with Crippen LogP contribution >= 0.6 is 11.3 Å². The number of nitrogens with one attached hydrogen (secondary N) is 2. The summed E-state index contributed by atoms with van der Waals surface area (Å²) < 4.78 is 0. The average Bonchev–Trinajstić information content (AvgIpc) is 3.07. The molecule has 0 bridgehead atoms. The van der Waals surface area contributed by atoms with Gasteiger partial charge in [-0.1, -0.05) is 6.92 Å². The Balaban J connectivity index is 1.62. The van der Waals surface area contributed by atoms with Crippen LogP contribution in [0.15, 0.2) is 18.3 Å². The summed E-state index contributed by atoms with van der Waals surface area (Å²) in [7, 11) is 0. The zero-order valence-electron chi connectivity index (χ0n) is 16.6. The highest BCUT2D eigenvalue weighted by atomic mass is 32.1. The number of anilines is 4. The first kappa shape index (κ1) is 19.0. The van der Waals surface area contributed by atoms with Crippen LogP contribution in [0.1, 0.15) is 37.5 Å². The zero-order chi connectivity index (χ0) is 19.5. The van der Waals surface area contributed by atoms with E-state index in [1.807, 2.05) is 6.92 Å². The first-order valence-electron chi connectivity index (χ1n) is 10.1. The molecule has 1 saturated heterocycles. The van der Waals surface area contributed by atoms with Crippen LogP contribution in [0.25, 0.3) is 0 Å². The number of piperidine rings is 1. The van der Waals surface area contributed by atoms with Crippen molar-refractivity contribution in [3.05, 3.63) is 23.2 Å². The van der Waals surface area contributed by atoms with E-state index in [9.17, 15) is 4.79 Å². The number of fused-ring (bicyclic) bond motifs is 1.